The van der Waals surface area contributed by atoms with Crippen molar-refractivity contribution in [2.75, 3.05) is 0 Å². The van der Waals surface area contributed by atoms with Gasteiger partial charge in [0.05, 0.1) is 0 Å². The zero-order valence-electron chi connectivity index (χ0n) is 9.34. The Kier molecular flexibility index (Phi) is 3.53. The molecule has 1 aromatic heterocycles. The van der Waals surface area contributed by atoms with E-state index in [0.717, 1.165) is 25.2 Å². The minimum atomic E-state index is 0.203. The molecule has 0 fully saturated rings. The van der Waals surface area contributed by atoms with Crippen molar-refractivity contribution in [3.63, 3.8) is 0 Å². The van der Waals surface area contributed by atoms with Crippen LogP contribution in [0.1, 0.15) is 39.9 Å². The van der Waals surface area contributed by atoms with E-state index in [1.165, 1.54) is 0 Å². The normalized spacial score (nSPS) is 12.1. The second-order valence-electron chi connectivity index (χ2n) is 4.78. The van der Waals surface area contributed by atoms with E-state index in [-0.39, 0.29) is 5.41 Å². The average molecular weight is 216 g/mol. The fourth-order valence-corrected chi connectivity index (χ4v) is 1.55. The molecule has 0 atom stereocenters. The Bertz CT molecular complexity index is 299. The van der Waals surface area contributed by atoms with E-state index in [9.17, 15) is 0 Å². The second kappa shape index (κ2) is 4.30. The van der Waals surface area contributed by atoms with Gasteiger partial charge in [-0.25, -0.2) is 0 Å². The van der Waals surface area contributed by atoms with Crippen LogP contribution in [-0.2, 0) is 13.0 Å². The van der Waals surface area contributed by atoms with Crippen molar-refractivity contribution in [1.82, 2.24) is 14.8 Å². The molecule has 0 aromatic carbocycles. The number of hydrogen-bond acceptors (Lipinski definition) is 2. The van der Waals surface area contributed by atoms with Gasteiger partial charge in [-0.05, 0) is 23.4 Å². The van der Waals surface area contributed by atoms with E-state index in [2.05, 4.69) is 37.9 Å². The van der Waals surface area contributed by atoms with Crippen molar-refractivity contribution in [1.29, 1.82) is 0 Å². The summed E-state index contributed by atoms with van der Waals surface area (Å²) in [4.78, 5) is 0. The first-order chi connectivity index (χ1) is 6.44. The van der Waals surface area contributed by atoms with Crippen LogP contribution in [0.4, 0.5) is 0 Å². The molecule has 0 bridgehead atoms. The number of nitrogens with zero attached hydrogens (tertiary/aromatic N) is 3. The summed E-state index contributed by atoms with van der Waals surface area (Å²) in [5.41, 5.74) is 0.203. The van der Waals surface area contributed by atoms with E-state index in [1.54, 1.807) is 0 Å². The van der Waals surface area contributed by atoms with E-state index in [1.807, 2.05) is 4.57 Å². The Balaban J connectivity index is 2.88. The molecule has 0 aliphatic heterocycles. The lowest BCUT2D eigenvalue weighted by molar-refractivity contribution is 0.337. The molecule has 1 rings (SSSR count). The fourth-order valence-electron chi connectivity index (χ4n) is 1.35. The maximum atomic E-state index is 5.98. The van der Waals surface area contributed by atoms with Gasteiger partial charge in [0, 0.05) is 13.0 Å². The van der Waals surface area contributed by atoms with Gasteiger partial charge in [-0.15, -0.1) is 10.2 Å². The molecule has 0 aliphatic carbocycles. The van der Waals surface area contributed by atoms with Gasteiger partial charge in [0.1, 0.15) is 5.82 Å². The number of halogens is 1. The lowest BCUT2D eigenvalue weighted by Gasteiger charge is -2.20. The van der Waals surface area contributed by atoms with Crippen LogP contribution in [0.25, 0.3) is 0 Å². The van der Waals surface area contributed by atoms with Crippen LogP contribution in [0.5, 0.6) is 0 Å². The smallest absolute Gasteiger partial charge is 0.225 e. The van der Waals surface area contributed by atoms with Crippen LogP contribution in [0.15, 0.2) is 0 Å². The van der Waals surface area contributed by atoms with Gasteiger partial charge < -0.3 is 4.57 Å². The van der Waals surface area contributed by atoms with Gasteiger partial charge in [-0.1, -0.05) is 27.7 Å². The molecule has 3 nitrogen and oxygen atoms in total. The molecule has 0 amide bonds. The maximum Gasteiger partial charge on any atom is 0.225 e. The number of aromatic nitrogens is 3. The summed E-state index contributed by atoms with van der Waals surface area (Å²) < 4.78 is 2.01. The number of rotatable bonds is 3. The Morgan fingerprint density at radius 3 is 2.43 bits per heavy atom. The Hall–Kier alpha value is -0.570. The van der Waals surface area contributed by atoms with Crippen molar-refractivity contribution in [2.45, 2.75) is 47.1 Å². The van der Waals surface area contributed by atoms with E-state index in [4.69, 9.17) is 11.6 Å². The van der Waals surface area contributed by atoms with Crippen LogP contribution in [-0.4, -0.2) is 14.8 Å². The molecule has 80 valence electrons. The average Bonchev–Trinajstić information content (AvgIpc) is 2.34. The van der Waals surface area contributed by atoms with Crippen molar-refractivity contribution in [3.8, 4) is 0 Å². The molecule has 1 aromatic rings. The molecule has 0 unspecified atom stereocenters. The highest BCUT2D eigenvalue weighted by atomic mass is 35.5. The van der Waals surface area contributed by atoms with Gasteiger partial charge in [0.15, 0.2) is 0 Å². The summed E-state index contributed by atoms with van der Waals surface area (Å²) >= 11 is 5.98. The summed E-state index contributed by atoms with van der Waals surface area (Å²) in [6.07, 6.45) is 2.01. The fraction of sp³-hybridized carbons (Fsp3) is 0.800. The van der Waals surface area contributed by atoms with Gasteiger partial charge in [-0.2, -0.15) is 0 Å². The standard InChI is InChI=1S/C10H18ClN3/c1-5-6-8-12-13-9(11)14(8)7-10(2,3)4/h5-7H2,1-4H3. The first kappa shape index (κ1) is 11.5. The molecule has 4 heteroatoms. The maximum absolute atomic E-state index is 5.98. The third-order valence-electron chi connectivity index (χ3n) is 1.89. The number of aryl methyl sites for hydroxylation is 1. The summed E-state index contributed by atoms with van der Waals surface area (Å²) in [5, 5.41) is 8.47. The predicted octanol–water partition coefficient (Wildman–Crippen LogP) is 2.93. The van der Waals surface area contributed by atoms with Crippen molar-refractivity contribution >= 4 is 11.6 Å². The summed E-state index contributed by atoms with van der Waals surface area (Å²) in [5.74, 6) is 0.993. The molecular formula is C10H18ClN3. The quantitative estimate of drug-likeness (QED) is 0.776. The predicted molar refractivity (Wildman–Crippen MR) is 58.5 cm³/mol. The highest BCUT2D eigenvalue weighted by Gasteiger charge is 2.17. The summed E-state index contributed by atoms with van der Waals surface area (Å²) in [6, 6.07) is 0. The van der Waals surface area contributed by atoms with Gasteiger partial charge in [-0.3, -0.25) is 0 Å². The lowest BCUT2D eigenvalue weighted by atomic mass is 9.97. The van der Waals surface area contributed by atoms with Gasteiger partial charge in [0.25, 0.3) is 0 Å². The molecule has 0 saturated carbocycles. The Morgan fingerprint density at radius 2 is 1.93 bits per heavy atom. The third kappa shape index (κ3) is 2.98. The van der Waals surface area contributed by atoms with Gasteiger partial charge >= 0.3 is 0 Å². The Labute approximate surface area is 90.5 Å². The van der Waals surface area contributed by atoms with Crippen molar-refractivity contribution < 1.29 is 0 Å². The topological polar surface area (TPSA) is 30.7 Å². The van der Waals surface area contributed by atoms with Crippen LogP contribution in [0.2, 0.25) is 5.28 Å². The molecule has 0 saturated heterocycles. The Morgan fingerprint density at radius 1 is 1.29 bits per heavy atom. The van der Waals surface area contributed by atoms with E-state index < -0.39 is 0 Å². The zero-order chi connectivity index (χ0) is 10.8. The van der Waals surface area contributed by atoms with E-state index >= 15 is 0 Å². The van der Waals surface area contributed by atoms with Crippen LogP contribution in [0, 0.1) is 5.41 Å². The molecule has 1 heterocycles. The summed E-state index contributed by atoms with van der Waals surface area (Å²) in [7, 11) is 0. The monoisotopic (exact) mass is 215 g/mol. The molecule has 0 N–H and O–H groups in total. The zero-order valence-corrected chi connectivity index (χ0v) is 10.1. The molecule has 0 aliphatic rings. The highest BCUT2D eigenvalue weighted by Crippen LogP contribution is 2.20. The van der Waals surface area contributed by atoms with E-state index in [0.29, 0.717) is 5.28 Å². The second-order valence-corrected chi connectivity index (χ2v) is 5.12. The largest absolute Gasteiger partial charge is 0.301 e. The lowest BCUT2D eigenvalue weighted by Crippen LogP contribution is -2.17. The first-order valence-corrected chi connectivity index (χ1v) is 5.39. The molecule has 0 radical (unpaired) electrons. The highest BCUT2D eigenvalue weighted by molar-refractivity contribution is 6.28. The van der Waals surface area contributed by atoms with Crippen LogP contribution in [0.3, 0.4) is 0 Å². The first-order valence-electron chi connectivity index (χ1n) is 5.01. The third-order valence-corrected chi connectivity index (χ3v) is 2.17. The molecule has 14 heavy (non-hydrogen) atoms. The SMILES string of the molecule is CCCc1nnc(Cl)n1CC(C)(C)C. The minimum Gasteiger partial charge on any atom is -0.301 e. The van der Waals surface area contributed by atoms with Crippen molar-refractivity contribution in [2.24, 2.45) is 5.41 Å². The molecule has 0 spiro atoms. The minimum absolute atomic E-state index is 0.203. The van der Waals surface area contributed by atoms with Crippen molar-refractivity contribution in [3.05, 3.63) is 11.1 Å². The van der Waals surface area contributed by atoms with Crippen LogP contribution >= 0.6 is 11.6 Å². The van der Waals surface area contributed by atoms with Gasteiger partial charge in [0.2, 0.25) is 5.28 Å². The molecular weight excluding hydrogens is 198 g/mol. The number of hydrogen-bond donors (Lipinski definition) is 0. The summed E-state index contributed by atoms with van der Waals surface area (Å²) in [6.45, 7) is 9.54. The van der Waals surface area contributed by atoms with Crippen LogP contribution < -0.4 is 0 Å².